The fourth-order valence-corrected chi connectivity index (χ4v) is 2.48. The maximum atomic E-state index is 12.9. The lowest BCUT2D eigenvalue weighted by Gasteiger charge is -2.26. The molecule has 0 unspecified atom stereocenters. The summed E-state index contributed by atoms with van der Waals surface area (Å²) in [5.41, 5.74) is 4.96. The van der Waals surface area contributed by atoms with E-state index in [9.17, 15) is 13.2 Å². The number of benzene rings is 1. The Morgan fingerprint density at radius 2 is 1.85 bits per heavy atom. The molecule has 0 aliphatic carbocycles. The standard InChI is InChI=1S/C14H20F3N3/c15-14(16,17)12-10-11(18)4-5-13(12)19-6-9-20-7-2-1-3-8-20/h4-5,10,19H,1-3,6-9,18H2. The highest BCUT2D eigenvalue weighted by atomic mass is 19.4. The van der Waals surface area contributed by atoms with Crippen LogP contribution >= 0.6 is 0 Å². The summed E-state index contributed by atoms with van der Waals surface area (Å²) in [6.07, 6.45) is -0.783. The predicted octanol–water partition coefficient (Wildman–Crippen LogP) is 3.19. The molecule has 0 radical (unpaired) electrons. The van der Waals surface area contributed by atoms with Crippen molar-refractivity contribution in [1.29, 1.82) is 0 Å². The first kappa shape index (κ1) is 15.0. The van der Waals surface area contributed by atoms with Crippen molar-refractivity contribution in [2.24, 2.45) is 0 Å². The number of rotatable bonds is 4. The van der Waals surface area contributed by atoms with Crippen molar-refractivity contribution >= 4 is 11.4 Å². The van der Waals surface area contributed by atoms with Crippen LogP contribution in [0, 0.1) is 0 Å². The number of alkyl halides is 3. The number of anilines is 2. The van der Waals surface area contributed by atoms with Crippen LogP contribution in [0.15, 0.2) is 18.2 Å². The van der Waals surface area contributed by atoms with Crippen molar-refractivity contribution in [3.05, 3.63) is 23.8 Å². The van der Waals surface area contributed by atoms with E-state index in [2.05, 4.69) is 10.2 Å². The van der Waals surface area contributed by atoms with Gasteiger partial charge in [0.05, 0.1) is 5.56 Å². The van der Waals surface area contributed by atoms with Crippen molar-refractivity contribution < 1.29 is 13.2 Å². The molecule has 112 valence electrons. The van der Waals surface area contributed by atoms with Gasteiger partial charge in [-0.2, -0.15) is 13.2 Å². The number of nitrogen functional groups attached to an aromatic ring is 1. The number of nitrogens with one attached hydrogen (secondary N) is 1. The summed E-state index contributed by atoms with van der Waals surface area (Å²) in [5, 5.41) is 2.88. The highest BCUT2D eigenvalue weighted by Crippen LogP contribution is 2.35. The molecule has 1 fully saturated rings. The van der Waals surface area contributed by atoms with Crippen molar-refractivity contribution in [3.63, 3.8) is 0 Å². The molecule has 0 bridgehead atoms. The Balaban J connectivity index is 1.95. The second-order valence-corrected chi connectivity index (χ2v) is 5.13. The quantitative estimate of drug-likeness (QED) is 0.836. The van der Waals surface area contributed by atoms with E-state index in [0.29, 0.717) is 6.54 Å². The molecular formula is C14H20F3N3. The predicted molar refractivity (Wildman–Crippen MR) is 74.6 cm³/mol. The van der Waals surface area contributed by atoms with Gasteiger partial charge in [-0.15, -0.1) is 0 Å². The molecule has 3 nitrogen and oxygen atoms in total. The molecule has 0 atom stereocenters. The van der Waals surface area contributed by atoms with Crippen LogP contribution < -0.4 is 11.1 Å². The molecule has 1 aliphatic heterocycles. The lowest BCUT2D eigenvalue weighted by Crippen LogP contribution is -2.33. The molecule has 0 aromatic heterocycles. The Morgan fingerprint density at radius 3 is 2.50 bits per heavy atom. The number of nitrogens with two attached hydrogens (primary N) is 1. The second kappa shape index (κ2) is 6.35. The first-order valence-corrected chi connectivity index (χ1v) is 6.90. The highest BCUT2D eigenvalue weighted by molar-refractivity contribution is 5.59. The van der Waals surface area contributed by atoms with Gasteiger partial charge in [-0.3, -0.25) is 0 Å². The van der Waals surface area contributed by atoms with Gasteiger partial charge in [0.15, 0.2) is 0 Å². The maximum absolute atomic E-state index is 12.9. The summed E-state index contributed by atoms with van der Waals surface area (Å²) in [6.45, 7) is 3.35. The van der Waals surface area contributed by atoms with E-state index >= 15 is 0 Å². The number of nitrogens with zero attached hydrogens (tertiary/aromatic N) is 1. The van der Waals surface area contributed by atoms with Crippen LogP contribution in [-0.2, 0) is 6.18 Å². The van der Waals surface area contributed by atoms with Gasteiger partial charge in [-0.05, 0) is 44.1 Å². The molecule has 1 aliphatic rings. The Bertz CT molecular complexity index is 440. The SMILES string of the molecule is Nc1ccc(NCCN2CCCCC2)c(C(F)(F)F)c1. The van der Waals surface area contributed by atoms with Crippen LogP contribution in [0.4, 0.5) is 24.5 Å². The van der Waals surface area contributed by atoms with Crippen molar-refractivity contribution in [1.82, 2.24) is 4.90 Å². The van der Waals surface area contributed by atoms with Crippen LogP contribution in [-0.4, -0.2) is 31.1 Å². The topological polar surface area (TPSA) is 41.3 Å². The summed E-state index contributed by atoms with van der Waals surface area (Å²) >= 11 is 0. The van der Waals surface area contributed by atoms with Gasteiger partial charge in [-0.1, -0.05) is 6.42 Å². The highest BCUT2D eigenvalue weighted by Gasteiger charge is 2.33. The van der Waals surface area contributed by atoms with Gasteiger partial charge >= 0.3 is 6.18 Å². The van der Waals surface area contributed by atoms with Crippen molar-refractivity contribution in [3.8, 4) is 0 Å². The normalized spacial score (nSPS) is 17.1. The lowest BCUT2D eigenvalue weighted by molar-refractivity contribution is -0.136. The molecule has 2 rings (SSSR count). The number of hydrogen-bond donors (Lipinski definition) is 2. The van der Waals surface area contributed by atoms with Gasteiger partial charge in [0.1, 0.15) is 0 Å². The molecule has 0 saturated carbocycles. The second-order valence-electron chi connectivity index (χ2n) is 5.13. The zero-order chi connectivity index (χ0) is 14.6. The summed E-state index contributed by atoms with van der Waals surface area (Å²) in [7, 11) is 0. The van der Waals surface area contributed by atoms with Crippen LogP contribution in [0.25, 0.3) is 0 Å². The van der Waals surface area contributed by atoms with Gasteiger partial charge < -0.3 is 16.0 Å². The number of likely N-dealkylation sites (tertiary alicyclic amines) is 1. The fourth-order valence-electron chi connectivity index (χ4n) is 2.48. The molecule has 1 heterocycles. The lowest BCUT2D eigenvalue weighted by atomic mass is 10.1. The maximum Gasteiger partial charge on any atom is 0.418 e. The van der Waals surface area contributed by atoms with E-state index in [4.69, 9.17) is 5.73 Å². The van der Waals surface area contributed by atoms with E-state index in [1.807, 2.05) is 0 Å². The van der Waals surface area contributed by atoms with Crippen molar-refractivity contribution in [2.75, 3.05) is 37.2 Å². The molecule has 1 aromatic carbocycles. The van der Waals surface area contributed by atoms with Crippen LogP contribution in [0.2, 0.25) is 0 Å². The molecular weight excluding hydrogens is 267 g/mol. The Labute approximate surface area is 116 Å². The Kier molecular flexibility index (Phi) is 4.75. The van der Waals surface area contributed by atoms with Crippen LogP contribution in [0.3, 0.4) is 0 Å². The molecule has 3 N–H and O–H groups in total. The molecule has 1 aromatic rings. The largest absolute Gasteiger partial charge is 0.418 e. The van der Waals surface area contributed by atoms with Gasteiger partial charge in [0, 0.05) is 24.5 Å². The molecule has 6 heteroatoms. The third-order valence-corrected chi connectivity index (χ3v) is 3.54. The fraction of sp³-hybridized carbons (Fsp3) is 0.571. The first-order chi connectivity index (χ1) is 9.47. The van der Waals surface area contributed by atoms with E-state index in [0.717, 1.165) is 25.7 Å². The summed E-state index contributed by atoms with van der Waals surface area (Å²) in [4.78, 5) is 2.28. The smallest absolute Gasteiger partial charge is 0.399 e. The third kappa shape index (κ3) is 4.03. The first-order valence-electron chi connectivity index (χ1n) is 6.90. The Hall–Kier alpha value is -1.43. The zero-order valence-electron chi connectivity index (χ0n) is 11.3. The minimum atomic E-state index is -4.39. The number of piperidine rings is 1. The van der Waals surface area contributed by atoms with Gasteiger partial charge in [0.25, 0.3) is 0 Å². The summed E-state index contributed by atoms with van der Waals surface area (Å²) in [5.74, 6) is 0. The zero-order valence-corrected chi connectivity index (χ0v) is 11.3. The number of halogens is 3. The van der Waals surface area contributed by atoms with E-state index in [1.54, 1.807) is 0 Å². The average molecular weight is 287 g/mol. The average Bonchev–Trinajstić information content (AvgIpc) is 2.40. The van der Waals surface area contributed by atoms with E-state index < -0.39 is 11.7 Å². The van der Waals surface area contributed by atoms with E-state index in [-0.39, 0.29) is 11.4 Å². The molecule has 20 heavy (non-hydrogen) atoms. The minimum absolute atomic E-state index is 0.101. The van der Waals surface area contributed by atoms with Gasteiger partial charge in [-0.25, -0.2) is 0 Å². The molecule has 0 amide bonds. The number of hydrogen-bond acceptors (Lipinski definition) is 3. The van der Waals surface area contributed by atoms with Crippen LogP contribution in [0.1, 0.15) is 24.8 Å². The molecule has 1 saturated heterocycles. The van der Waals surface area contributed by atoms with Gasteiger partial charge in [0.2, 0.25) is 0 Å². The van der Waals surface area contributed by atoms with Crippen LogP contribution in [0.5, 0.6) is 0 Å². The van der Waals surface area contributed by atoms with E-state index in [1.165, 1.54) is 31.4 Å². The monoisotopic (exact) mass is 287 g/mol. The summed E-state index contributed by atoms with van der Waals surface area (Å²) in [6, 6.07) is 3.86. The minimum Gasteiger partial charge on any atom is -0.399 e. The molecule has 0 spiro atoms. The third-order valence-electron chi connectivity index (χ3n) is 3.54. The Morgan fingerprint density at radius 1 is 1.15 bits per heavy atom. The van der Waals surface area contributed by atoms with Crippen molar-refractivity contribution in [2.45, 2.75) is 25.4 Å². The summed E-state index contributed by atoms with van der Waals surface area (Å²) < 4.78 is 38.7.